The molecule has 0 atom stereocenters. The van der Waals surface area contributed by atoms with Crippen LogP contribution >= 0.6 is 27.5 Å². The predicted molar refractivity (Wildman–Crippen MR) is 64.0 cm³/mol. The summed E-state index contributed by atoms with van der Waals surface area (Å²) in [7, 11) is 0. The molecule has 1 aromatic rings. The molecule has 0 unspecified atom stereocenters. The molecule has 0 radical (unpaired) electrons. The lowest BCUT2D eigenvalue weighted by molar-refractivity contribution is 0.107. The Hall–Kier alpha value is -0.120. The average Bonchev–Trinajstić information content (AvgIpc) is 2.14. The molecular weight excluding hydrogens is 280 g/mol. The molecule has 4 heteroatoms. The summed E-state index contributed by atoms with van der Waals surface area (Å²) in [6, 6.07) is 4.84. The molecule has 0 spiro atoms. The van der Waals surface area contributed by atoms with Gasteiger partial charge in [-0.3, -0.25) is 4.90 Å². The summed E-state index contributed by atoms with van der Waals surface area (Å²) in [6.07, 6.45) is 0. The van der Waals surface area contributed by atoms with E-state index in [2.05, 4.69) is 20.8 Å². The fraction of sp³-hybridized carbons (Fsp3) is 0.455. The highest BCUT2D eigenvalue weighted by Crippen LogP contribution is 2.25. The van der Waals surface area contributed by atoms with E-state index in [0.717, 1.165) is 18.4 Å². The first-order valence-electron chi connectivity index (χ1n) is 4.92. The third-order valence-electron chi connectivity index (χ3n) is 2.69. The van der Waals surface area contributed by atoms with Gasteiger partial charge >= 0.3 is 0 Å². The van der Waals surface area contributed by atoms with Gasteiger partial charge in [0.1, 0.15) is 5.82 Å². The second-order valence-electron chi connectivity index (χ2n) is 3.91. The molecule has 0 bridgehead atoms. The Morgan fingerprint density at radius 3 is 2.80 bits per heavy atom. The van der Waals surface area contributed by atoms with Crippen LogP contribution in [0.15, 0.2) is 18.2 Å². The van der Waals surface area contributed by atoms with Gasteiger partial charge in [0.25, 0.3) is 0 Å². The summed E-state index contributed by atoms with van der Waals surface area (Å²) in [5, 5.41) is 1.55. The van der Waals surface area contributed by atoms with Crippen molar-refractivity contribution in [3.63, 3.8) is 0 Å². The maximum atomic E-state index is 13.4. The maximum Gasteiger partial charge on any atom is 0.129 e. The lowest BCUT2D eigenvalue weighted by atomic mass is 10.0. The van der Waals surface area contributed by atoms with Crippen molar-refractivity contribution >= 4 is 27.5 Å². The molecule has 1 aliphatic heterocycles. The van der Waals surface area contributed by atoms with Crippen LogP contribution < -0.4 is 0 Å². The number of likely N-dealkylation sites (tertiary alicyclic amines) is 1. The summed E-state index contributed by atoms with van der Waals surface area (Å²) in [5.74, 6) is 0.500. The molecule has 1 nitrogen and oxygen atoms in total. The van der Waals surface area contributed by atoms with E-state index in [1.54, 1.807) is 12.1 Å². The molecule has 1 fully saturated rings. The smallest absolute Gasteiger partial charge is 0.129 e. The van der Waals surface area contributed by atoms with Crippen LogP contribution in [0, 0.1) is 11.7 Å². The zero-order valence-corrected chi connectivity index (χ0v) is 10.6. The number of hydrogen-bond donors (Lipinski definition) is 0. The van der Waals surface area contributed by atoms with Crippen molar-refractivity contribution in [1.82, 2.24) is 4.90 Å². The fourth-order valence-corrected chi connectivity index (χ4v) is 2.44. The molecule has 1 aliphatic rings. The Balaban J connectivity index is 2.00. The Morgan fingerprint density at radius 2 is 2.20 bits per heavy atom. The lowest BCUT2D eigenvalue weighted by Crippen LogP contribution is -2.46. The maximum absolute atomic E-state index is 13.4. The molecule has 0 aromatic heterocycles. The zero-order chi connectivity index (χ0) is 10.8. The number of alkyl halides is 1. The first-order chi connectivity index (χ1) is 7.20. The molecule has 82 valence electrons. The first kappa shape index (κ1) is 11.4. The Kier molecular flexibility index (Phi) is 3.65. The van der Waals surface area contributed by atoms with Gasteiger partial charge in [0.2, 0.25) is 0 Å². The molecule has 15 heavy (non-hydrogen) atoms. The molecule has 0 aliphatic carbocycles. The van der Waals surface area contributed by atoms with Crippen LogP contribution in [0.1, 0.15) is 5.56 Å². The summed E-state index contributed by atoms with van der Waals surface area (Å²) < 4.78 is 13.4. The largest absolute Gasteiger partial charge is 0.298 e. The minimum Gasteiger partial charge on any atom is -0.298 e. The molecule has 1 saturated heterocycles. The van der Waals surface area contributed by atoms with E-state index >= 15 is 0 Å². The monoisotopic (exact) mass is 291 g/mol. The van der Waals surface area contributed by atoms with Crippen molar-refractivity contribution in [1.29, 1.82) is 0 Å². The van der Waals surface area contributed by atoms with E-state index in [1.165, 1.54) is 6.07 Å². The number of rotatable bonds is 3. The summed E-state index contributed by atoms with van der Waals surface area (Å²) in [4.78, 5) is 2.20. The standard InChI is InChI=1S/C11H12BrClFN/c12-4-8-5-15(6-8)7-9-10(13)2-1-3-11(9)14/h1-3,8H,4-7H2. The SMILES string of the molecule is Fc1cccc(Cl)c1CN1CC(CBr)C1. The third-order valence-corrected chi connectivity index (χ3v) is 3.96. The van der Waals surface area contributed by atoms with E-state index in [1.807, 2.05) is 0 Å². The van der Waals surface area contributed by atoms with Crippen LogP contribution in [-0.4, -0.2) is 23.3 Å². The topological polar surface area (TPSA) is 3.24 Å². The number of nitrogens with zero attached hydrogens (tertiary/aromatic N) is 1. The minimum absolute atomic E-state index is 0.204. The van der Waals surface area contributed by atoms with Crippen molar-refractivity contribution in [2.24, 2.45) is 5.92 Å². The van der Waals surface area contributed by atoms with Gasteiger partial charge in [0, 0.05) is 35.6 Å². The van der Waals surface area contributed by atoms with Gasteiger partial charge in [-0.2, -0.15) is 0 Å². The summed E-state index contributed by atoms with van der Waals surface area (Å²) >= 11 is 9.39. The van der Waals surface area contributed by atoms with Gasteiger partial charge in [-0.15, -0.1) is 0 Å². The van der Waals surface area contributed by atoms with Gasteiger partial charge in [-0.1, -0.05) is 33.6 Å². The van der Waals surface area contributed by atoms with Crippen LogP contribution in [0.3, 0.4) is 0 Å². The highest BCUT2D eigenvalue weighted by Gasteiger charge is 2.26. The highest BCUT2D eigenvalue weighted by atomic mass is 79.9. The average molecular weight is 293 g/mol. The van der Waals surface area contributed by atoms with Crippen LogP contribution in [0.5, 0.6) is 0 Å². The van der Waals surface area contributed by atoms with E-state index in [0.29, 0.717) is 23.0 Å². The summed E-state index contributed by atoms with van der Waals surface area (Å²) in [6.45, 7) is 2.67. The normalized spacial score (nSPS) is 17.8. The first-order valence-corrected chi connectivity index (χ1v) is 6.42. The number of hydrogen-bond acceptors (Lipinski definition) is 1. The fourth-order valence-electron chi connectivity index (χ4n) is 1.81. The molecule has 0 N–H and O–H groups in total. The molecule has 1 aromatic carbocycles. The molecule has 2 rings (SSSR count). The van der Waals surface area contributed by atoms with Gasteiger partial charge in [0.15, 0.2) is 0 Å². The van der Waals surface area contributed by atoms with Crippen LogP contribution in [0.25, 0.3) is 0 Å². The highest BCUT2D eigenvalue weighted by molar-refractivity contribution is 9.09. The van der Waals surface area contributed by atoms with Crippen molar-refractivity contribution in [3.8, 4) is 0 Å². The van der Waals surface area contributed by atoms with Crippen LogP contribution in [0.2, 0.25) is 5.02 Å². The number of halogens is 3. The van der Waals surface area contributed by atoms with E-state index in [-0.39, 0.29) is 5.82 Å². The van der Waals surface area contributed by atoms with E-state index in [4.69, 9.17) is 11.6 Å². The Morgan fingerprint density at radius 1 is 1.47 bits per heavy atom. The van der Waals surface area contributed by atoms with Crippen molar-refractivity contribution < 1.29 is 4.39 Å². The Labute approximate surface area is 102 Å². The van der Waals surface area contributed by atoms with Gasteiger partial charge in [-0.05, 0) is 18.1 Å². The quantitative estimate of drug-likeness (QED) is 0.773. The van der Waals surface area contributed by atoms with Gasteiger partial charge in [0.05, 0.1) is 0 Å². The van der Waals surface area contributed by atoms with Gasteiger partial charge in [-0.25, -0.2) is 4.39 Å². The van der Waals surface area contributed by atoms with Crippen molar-refractivity contribution in [2.75, 3.05) is 18.4 Å². The third kappa shape index (κ3) is 2.52. The van der Waals surface area contributed by atoms with E-state index < -0.39 is 0 Å². The molecule has 0 amide bonds. The molecule has 0 saturated carbocycles. The predicted octanol–water partition coefficient (Wildman–Crippen LogP) is 3.31. The number of benzene rings is 1. The second-order valence-corrected chi connectivity index (χ2v) is 4.97. The molecule has 1 heterocycles. The summed E-state index contributed by atoms with van der Waals surface area (Å²) in [5.41, 5.74) is 0.618. The van der Waals surface area contributed by atoms with E-state index in [9.17, 15) is 4.39 Å². The van der Waals surface area contributed by atoms with Gasteiger partial charge < -0.3 is 0 Å². The van der Waals surface area contributed by atoms with Crippen molar-refractivity contribution in [3.05, 3.63) is 34.6 Å². The Bertz CT molecular complexity index is 332. The zero-order valence-electron chi connectivity index (χ0n) is 8.22. The van der Waals surface area contributed by atoms with Crippen LogP contribution in [-0.2, 0) is 6.54 Å². The minimum atomic E-state index is -0.204. The molecular formula is C11H12BrClFN. The second kappa shape index (κ2) is 4.81. The lowest BCUT2D eigenvalue weighted by Gasteiger charge is -2.38. The van der Waals surface area contributed by atoms with Crippen molar-refractivity contribution in [2.45, 2.75) is 6.54 Å². The van der Waals surface area contributed by atoms with Crippen LogP contribution in [0.4, 0.5) is 4.39 Å².